The van der Waals surface area contributed by atoms with Crippen molar-refractivity contribution in [2.24, 2.45) is 5.73 Å². The molecule has 0 aliphatic rings. The molecule has 2 unspecified atom stereocenters. The van der Waals surface area contributed by atoms with Gasteiger partial charge in [0.05, 0.1) is 13.2 Å². The number of phosphoric acid groups is 1. The average Bonchev–Trinajstić information content (AvgIpc) is 3.40. The van der Waals surface area contributed by atoms with Crippen LogP contribution >= 0.6 is 7.82 Å². The summed E-state index contributed by atoms with van der Waals surface area (Å²) in [6.07, 6.45) is 84.6. The van der Waals surface area contributed by atoms with Gasteiger partial charge < -0.3 is 20.1 Å². The molecule has 0 heterocycles. The molecule has 0 rings (SSSR count). The van der Waals surface area contributed by atoms with Gasteiger partial charge in [0.2, 0.25) is 0 Å². The van der Waals surface area contributed by atoms with E-state index in [2.05, 4.69) is 160 Å². The van der Waals surface area contributed by atoms with Crippen LogP contribution in [-0.4, -0.2) is 49.3 Å². The van der Waals surface area contributed by atoms with Gasteiger partial charge in [-0.15, -0.1) is 0 Å². The molecule has 75 heavy (non-hydrogen) atoms. The quantitative estimate of drug-likeness (QED) is 0.0264. The van der Waals surface area contributed by atoms with E-state index in [1.165, 1.54) is 38.5 Å². The second-order valence-electron chi connectivity index (χ2n) is 18.7. The third kappa shape index (κ3) is 59.0. The number of ether oxygens (including phenoxy) is 2. The number of carbonyl (C=O) groups excluding carboxylic acids is 2. The predicted octanol–water partition coefficient (Wildman–Crippen LogP) is 18.7. The maximum atomic E-state index is 12.7. The second-order valence-corrected chi connectivity index (χ2v) is 20.2. The van der Waals surface area contributed by atoms with Crippen molar-refractivity contribution in [1.29, 1.82) is 0 Å². The number of esters is 2. The first-order valence-corrected chi connectivity index (χ1v) is 30.8. The van der Waals surface area contributed by atoms with Crippen LogP contribution in [0.2, 0.25) is 0 Å². The molecule has 0 saturated carbocycles. The maximum absolute atomic E-state index is 12.7. The molecule has 0 radical (unpaired) electrons. The van der Waals surface area contributed by atoms with Crippen LogP contribution in [0.25, 0.3) is 0 Å². The van der Waals surface area contributed by atoms with E-state index in [4.69, 9.17) is 24.3 Å². The molecular weight excluding hydrogens is 954 g/mol. The summed E-state index contributed by atoms with van der Waals surface area (Å²) < 4.78 is 33.0. The zero-order valence-corrected chi connectivity index (χ0v) is 48.1. The lowest BCUT2D eigenvalue weighted by molar-refractivity contribution is -0.161. The Morgan fingerprint density at radius 2 is 0.693 bits per heavy atom. The lowest BCUT2D eigenvalue weighted by Crippen LogP contribution is -2.29. The van der Waals surface area contributed by atoms with E-state index >= 15 is 0 Å². The standard InChI is InChI=1S/C65H106NO8P/c1-3-5-7-9-11-13-15-17-19-21-23-25-27-29-30-31-32-34-36-38-40-42-44-46-48-50-52-54-56-58-65(68)74-63(62-73-75(69,70)72-60-59-66)61-71-64(67)57-55-53-51-49-47-45-43-41-39-37-35-33-28-26-24-22-20-18-16-14-12-10-8-6-4-2/h5-8,11-14,17-20,23-26,29-30,32-35,39,41,63H,3-4,9-10,15-16,21-22,27-28,31,36-38,40,42-62,66H2,1-2H3,(H,69,70)/b7-5-,8-6-,13-11-,14-12-,19-17-,20-18-,25-23-,26-24-,30-29-,34-32-,35-33-,41-39-. The zero-order valence-electron chi connectivity index (χ0n) is 47.2. The van der Waals surface area contributed by atoms with Crippen LogP contribution in [0.5, 0.6) is 0 Å². The van der Waals surface area contributed by atoms with Crippen molar-refractivity contribution in [2.75, 3.05) is 26.4 Å². The van der Waals surface area contributed by atoms with E-state index in [1.807, 2.05) is 0 Å². The van der Waals surface area contributed by atoms with Crippen LogP contribution in [-0.2, 0) is 32.7 Å². The highest BCUT2D eigenvalue weighted by Gasteiger charge is 2.26. The molecule has 0 aromatic carbocycles. The van der Waals surface area contributed by atoms with E-state index in [9.17, 15) is 19.0 Å². The van der Waals surface area contributed by atoms with Gasteiger partial charge in [-0.25, -0.2) is 4.57 Å². The second kappa shape index (κ2) is 59.1. The van der Waals surface area contributed by atoms with Gasteiger partial charge >= 0.3 is 19.8 Å². The van der Waals surface area contributed by atoms with E-state index in [-0.39, 0.29) is 32.6 Å². The van der Waals surface area contributed by atoms with Crippen LogP contribution in [0.3, 0.4) is 0 Å². The Kier molecular flexibility index (Phi) is 55.9. The molecule has 0 spiro atoms. The van der Waals surface area contributed by atoms with Crippen molar-refractivity contribution in [3.05, 3.63) is 146 Å². The third-order valence-corrected chi connectivity index (χ3v) is 12.7. The lowest BCUT2D eigenvalue weighted by Gasteiger charge is -2.19. The van der Waals surface area contributed by atoms with Gasteiger partial charge in [0.25, 0.3) is 0 Å². The summed E-state index contributed by atoms with van der Waals surface area (Å²) in [6, 6.07) is 0. The van der Waals surface area contributed by atoms with Crippen molar-refractivity contribution in [3.63, 3.8) is 0 Å². The van der Waals surface area contributed by atoms with Crippen LogP contribution < -0.4 is 5.73 Å². The highest BCUT2D eigenvalue weighted by atomic mass is 31.2. The molecule has 0 aromatic rings. The molecule has 3 N–H and O–H groups in total. The SMILES string of the molecule is CC/C=C\C/C=C\C/C=C\C/C=C\C/C=C\C/C=C\CCCCCCCCCCCCC(=O)OC(COC(=O)CCCCCCCC/C=C\C/C=C\C/C=C\C/C=C\C/C=C\C/C=C\CC)COP(=O)(O)OCCN. The molecular formula is C65H106NO8P. The molecule has 0 aliphatic carbocycles. The Morgan fingerprint density at radius 1 is 0.400 bits per heavy atom. The normalized spacial score (nSPS) is 14.1. The molecule has 424 valence electrons. The fourth-order valence-corrected chi connectivity index (χ4v) is 8.23. The Labute approximate surface area is 458 Å². The summed E-state index contributed by atoms with van der Waals surface area (Å²) >= 11 is 0. The van der Waals surface area contributed by atoms with E-state index < -0.39 is 32.5 Å². The number of phosphoric ester groups is 1. The van der Waals surface area contributed by atoms with Crippen molar-refractivity contribution >= 4 is 19.8 Å². The molecule has 0 bridgehead atoms. The molecule has 9 nitrogen and oxygen atoms in total. The van der Waals surface area contributed by atoms with Crippen LogP contribution in [0.1, 0.15) is 219 Å². The van der Waals surface area contributed by atoms with Crippen molar-refractivity contribution in [3.8, 4) is 0 Å². The predicted molar refractivity (Wildman–Crippen MR) is 320 cm³/mol. The number of unbranched alkanes of at least 4 members (excludes halogenated alkanes) is 16. The Morgan fingerprint density at radius 3 is 1.03 bits per heavy atom. The molecule has 0 saturated heterocycles. The van der Waals surface area contributed by atoms with Crippen molar-refractivity contribution < 1.29 is 37.6 Å². The van der Waals surface area contributed by atoms with Crippen molar-refractivity contribution in [2.45, 2.75) is 225 Å². The summed E-state index contributed by atoms with van der Waals surface area (Å²) in [5.41, 5.74) is 5.38. The van der Waals surface area contributed by atoms with Gasteiger partial charge in [0, 0.05) is 19.4 Å². The minimum atomic E-state index is -4.41. The highest BCUT2D eigenvalue weighted by Crippen LogP contribution is 2.43. The number of allylic oxidation sites excluding steroid dienone is 24. The summed E-state index contributed by atoms with van der Waals surface area (Å²) in [4.78, 5) is 35.2. The summed E-state index contributed by atoms with van der Waals surface area (Å²) in [6.45, 7) is 3.48. The van der Waals surface area contributed by atoms with Crippen LogP contribution in [0.15, 0.2) is 146 Å². The van der Waals surface area contributed by atoms with Gasteiger partial charge in [-0.3, -0.25) is 18.6 Å². The fourth-order valence-electron chi connectivity index (χ4n) is 7.47. The highest BCUT2D eigenvalue weighted by molar-refractivity contribution is 7.47. The summed E-state index contributed by atoms with van der Waals surface area (Å²) in [7, 11) is -4.41. The van der Waals surface area contributed by atoms with E-state index in [0.29, 0.717) is 12.8 Å². The first-order chi connectivity index (χ1) is 36.8. The molecule has 0 aliphatic heterocycles. The van der Waals surface area contributed by atoms with Gasteiger partial charge in [-0.1, -0.05) is 237 Å². The summed E-state index contributed by atoms with van der Waals surface area (Å²) in [5, 5.41) is 0. The first-order valence-electron chi connectivity index (χ1n) is 29.3. The topological polar surface area (TPSA) is 134 Å². The van der Waals surface area contributed by atoms with E-state index in [1.54, 1.807) is 0 Å². The average molecular weight is 1060 g/mol. The van der Waals surface area contributed by atoms with Crippen LogP contribution in [0.4, 0.5) is 0 Å². The van der Waals surface area contributed by atoms with Gasteiger partial charge in [-0.2, -0.15) is 0 Å². The van der Waals surface area contributed by atoms with Crippen LogP contribution in [0, 0.1) is 0 Å². The lowest BCUT2D eigenvalue weighted by atomic mass is 10.0. The fraction of sp³-hybridized carbons (Fsp3) is 0.600. The van der Waals surface area contributed by atoms with Gasteiger partial charge in [-0.05, 0) is 116 Å². The monoisotopic (exact) mass is 1060 g/mol. The smallest absolute Gasteiger partial charge is 0.462 e. The number of nitrogens with two attached hydrogens (primary N) is 1. The maximum Gasteiger partial charge on any atom is 0.472 e. The molecule has 10 heteroatoms. The van der Waals surface area contributed by atoms with Gasteiger partial charge in [0.15, 0.2) is 6.10 Å². The first kappa shape index (κ1) is 70.9. The Bertz CT molecular complexity index is 1730. The number of rotatable bonds is 53. The minimum Gasteiger partial charge on any atom is -0.462 e. The Hall–Kier alpha value is -4.11. The van der Waals surface area contributed by atoms with Crippen molar-refractivity contribution in [1.82, 2.24) is 0 Å². The molecule has 0 fully saturated rings. The van der Waals surface area contributed by atoms with Gasteiger partial charge in [0.1, 0.15) is 6.61 Å². The zero-order chi connectivity index (χ0) is 54.5. The molecule has 0 aromatic heterocycles. The number of hydrogen-bond donors (Lipinski definition) is 2. The minimum absolute atomic E-state index is 0.0422. The third-order valence-electron chi connectivity index (χ3n) is 11.7. The summed E-state index contributed by atoms with van der Waals surface area (Å²) in [5.74, 6) is -0.860. The number of hydrogen-bond acceptors (Lipinski definition) is 8. The number of carbonyl (C=O) groups is 2. The Balaban J connectivity index is 4.07. The molecule has 2 atom stereocenters. The van der Waals surface area contributed by atoms with E-state index in [0.717, 1.165) is 141 Å². The largest absolute Gasteiger partial charge is 0.472 e. The molecule has 0 amide bonds.